The van der Waals surface area contributed by atoms with Gasteiger partial charge < -0.3 is 5.73 Å². The average molecular weight is 334 g/mol. The smallest absolute Gasteiger partial charge is 0.304 e. The zero-order chi connectivity index (χ0) is 15.8. The molecule has 0 spiro atoms. The van der Waals surface area contributed by atoms with E-state index in [9.17, 15) is 18.5 Å². The van der Waals surface area contributed by atoms with Crippen LogP contribution in [0.25, 0.3) is 0 Å². The standard InChI is InChI=1S/C11H18N4O4S2/c1-3-13-4-5-14(7-8(13)2)21(18,19)10-6-9(15(16)17)11(12)20-10/h6,8H,3-5,7,12H2,1-2H3. The monoisotopic (exact) mass is 334 g/mol. The largest absolute Gasteiger partial charge is 0.385 e. The molecule has 1 aromatic heterocycles. The normalized spacial score (nSPS) is 21.5. The Kier molecular flexibility index (Phi) is 4.51. The maximum absolute atomic E-state index is 12.6. The summed E-state index contributed by atoms with van der Waals surface area (Å²) in [5, 5.41) is 10.7. The highest BCUT2D eigenvalue weighted by molar-refractivity contribution is 7.91. The van der Waals surface area contributed by atoms with Crippen LogP contribution in [0, 0.1) is 10.1 Å². The first-order chi connectivity index (χ1) is 9.77. The molecule has 0 bridgehead atoms. The number of nitrogens with zero attached hydrogens (tertiary/aromatic N) is 3. The molecule has 0 aliphatic carbocycles. The van der Waals surface area contributed by atoms with Crippen molar-refractivity contribution in [2.45, 2.75) is 24.1 Å². The van der Waals surface area contributed by atoms with Gasteiger partial charge in [0.05, 0.1) is 4.92 Å². The summed E-state index contributed by atoms with van der Waals surface area (Å²) in [6, 6.07) is 1.16. The van der Waals surface area contributed by atoms with Crippen LogP contribution in [0.3, 0.4) is 0 Å². The molecule has 1 atom stereocenters. The summed E-state index contributed by atoms with van der Waals surface area (Å²) in [6.07, 6.45) is 0. The van der Waals surface area contributed by atoms with Crippen molar-refractivity contribution < 1.29 is 13.3 Å². The fourth-order valence-corrected chi connectivity index (χ4v) is 5.30. The number of likely N-dealkylation sites (N-methyl/N-ethyl adjacent to an activating group) is 1. The molecule has 1 unspecified atom stereocenters. The number of piperazine rings is 1. The molecule has 8 nitrogen and oxygen atoms in total. The first-order valence-corrected chi connectivity index (χ1v) is 8.81. The summed E-state index contributed by atoms with van der Waals surface area (Å²) in [7, 11) is -3.72. The van der Waals surface area contributed by atoms with Gasteiger partial charge in [0.25, 0.3) is 10.0 Å². The average Bonchev–Trinajstić information content (AvgIpc) is 2.81. The number of anilines is 1. The lowest BCUT2D eigenvalue weighted by Gasteiger charge is -2.38. The van der Waals surface area contributed by atoms with Crippen LogP contribution in [0.1, 0.15) is 13.8 Å². The maximum atomic E-state index is 12.6. The van der Waals surface area contributed by atoms with Crippen molar-refractivity contribution in [3.63, 3.8) is 0 Å². The van der Waals surface area contributed by atoms with E-state index in [-0.39, 0.29) is 20.9 Å². The number of nitrogens with two attached hydrogens (primary N) is 1. The molecule has 10 heteroatoms. The van der Waals surface area contributed by atoms with Crippen LogP contribution in [0.15, 0.2) is 10.3 Å². The Labute approximate surface area is 127 Å². The number of sulfonamides is 1. The van der Waals surface area contributed by atoms with Crippen molar-refractivity contribution in [2.75, 3.05) is 31.9 Å². The third-order valence-corrected chi connectivity index (χ3v) is 6.91. The predicted octanol–water partition coefficient (Wildman–Crippen LogP) is 0.953. The Morgan fingerprint density at radius 2 is 2.19 bits per heavy atom. The van der Waals surface area contributed by atoms with Gasteiger partial charge in [-0.15, -0.1) is 0 Å². The molecule has 2 N–H and O–H groups in total. The van der Waals surface area contributed by atoms with Crippen LogP contribution in [-0.4, -0.2) is 54.8 Å². The van der Waals surface area contributed by atoms with E-state index in [1.807, 2.05) is 13.8 Å². The van der Waals surface area contributed by atoms with Gasteiger partial charge >= 0.3 is 5.69 Å². The third-order valence-electron chi connectivity index (χ3n) is 3.64. The van der Waals surface area contributed by atoms with Gasteiger partial charge in [0.1, 0.15) is 4.21 Å². The van der Waals surface area contributed by atoms with Crippen LogP contribution in [0.4, 0.5) is 10.7 Å². The molecule has 21 heavy (non-hydrogen) atoms. The van der Waals surface area contributed by atoms with Crippen LogP contribution >= 0.6 is 11.3 Å². The van der Waals surface area contributed by atoms with Crippen LogP contribution in [0.2, 0.25) is 0 Å². The van der Waals surface area contributed by atoms with Gasteiger partial charge in [-0.05, 0) is 13.5 Å². The highest BCUT2D eigenvalue weighted by Crippen LogP contribution is 2.36. The zero-order valence-electron chi connectivity index (χ0n) is 11.9. The summed E-state index contributed by atoms with van der Waals surface area (Å²) in [5.41, 5.74) is 5.18. The van der Waals surface area contributed by atoms with Crippen molar-refractivity contribution in [2.24, 2.45) is 0 Å². The van der Waals surface area contributed by atoms with E-state index in [1.54, 1.807) is 0 Å². The lowest BCUT2D eigenvalue weighted by molar-refractivity contribution is -0.383. The Hall–Kier alpha value is -1.23. The highest BCUT2D eigenvalue weighted by Gasteiger charge is 2.34. The molecule has 1 fully saturated rings. The Balaban J connectivity index is 2.27. The molecule has 1 saturated heterocycles. The second-order valence-corrected chi connectivity index (χ2v) is 8.16. The fourth-order valence-electron chi connectivity index (χ4n) is 2.42. The lowest BCUT2D eigenvalue weighted by Crippen LogP contribution is -2.53. The SMILES string of the molecule is CCN1CCN(S(=O)(=O)c2cc([N+](=O)[O-])c(N)s2)CC1C. The summed E-state index contributed by atoms with van der Waals surface area (Å²) < 4.78 is 26.4. The topological polar surface area (TPSA) is 110 Å². The molecule has 1 aromatic rings. The number of hydrogen-bond acceptors (Lipinski definition) is 7. The molecule has 0 saturated carbocycles. The number of thiophene rings is 1. The predicted molar refractivity (Wildman–Crippen MR) is 80.9 cm³/mol. The summed E-state index contributed by atoms with van der Waals surface area (Å²) in [5.74, 6) is 0. The minimum atomic E-state index is -3.72. The molecule has 2 heterocycles. The molecular weight excluding hydrogens is 316 g/mol. The van der Waals surface area contributed by atoms with E-state index < -0.39 is 14.9 Å². The molecule has 0 amide bonds. The van der Waals surface area contributed by atoms with Gasteiger partial charge in [-0.3, -0.25) is 15.0 Å². The van der Waals surface area contributed by atoms with Crippen molar-refractivity contribution >= 4 is 32.0 Å². The molecule has 0 aromatic carbocycles. The number of hydrogen-bond donors (Lipinski definition) is 1. The molecule has 2 rings (SSSR count). The first-order valence-electron chi connectivity index (χ1n) is 6.55. The van der Waals surface area contributed by atoms with E-state index in [4.69, 9.17) is 5.73 Å². The van der Waals surface area contributed by atoms with Gasteiger partial charge in [0, 0.05) is 31.7 Å². The number of nitrogen functional groups attached to an aromatic ring is 1. The summed E-state index contributed by atoms with van der Waals surface area (Å²) in [6.45, 7) is 6.28. The van der Waals surface area contributed by atoms with Gasteiger partial charge in [-0.2, -0.15) is 4.31 Å². The minimum absolute atomic E-state index is 0.0659. The van der Waals surface area contributed by atoms with Crippen molar-refractivity contribution in [3.8, 4) is 0 Å². The Bertz CT molecular complexity index is 643. The molecular formula is C11H18N4O4S2. The lowest BCUT2D eigenvalue weighted by atomic mass is 10.2. The first kappa shape index (κ1) is 16.1. The second-order valence-electron chi connectivity index (χ2n) is 4.91. The zero-order valence-corrected chi connectivity index (χ0v) is 13.5. The Morgan fingerprint density at radius 3 is 2.67 bits per heavy atom. The van der Waals surface area contributed by atoms with E-state index in [1.165, 1.54) is 4.31 Å². The van der Waals surface area contributed by atoms with E-state index in [0.29, 0.717) is 19.6 Å². The maximum Gasteiger partial charge on any atom is 0.304 e. The van der Waals surface area contributed by atoms with E-state index in [0.717, 1.165) is 23.9 Å². The minimum Gasteiger partial charge on any atom is -0.385 e. The number of rotatable bonds is 4. The summed E-state index contributed by atoms with van der Waals surface area (Å²) in [4.78, 5) is 12.3. The molecule has 1 aliphatic heterocycles. The van der Waals surface area contributed by atoms with Crippen LogP contribution < -0.4 is 5.73 Å². The van der Waals surface area contributed by atoms with E-state index in [2.05, 4.69) is 4.90 Å². The third kappa shape index (κ3) is 3.03. The molecule has 1 aliphatic rings. The van der Waals surface area contributed by atoms with Crippen molar-refractivity contribution in [1.29, 1.82) is 0 Å². The van der Waals surface area contributed by atoms with Crippen LogP contribution in [0.5, 0.6) is 0 Å². The van der Waals surface area contributed by atoms with E-state index >= 15 is 0 Å². The molecule has 0 radical (unpaired) electrons. The number of nitro groups is 1. The van der Waals surface area contributed by atoms with Crippen molar-refractivity contribution in [1.82, 2.24) is 9.21 Å². The quantitative estimate of drug-likeness (QED) is 0.648. The highest BCUT2D eigenvalue weighted by atomic mass is 32.2. The molecule has 118 valence electrons. The van der Waals surface area contributed by atoms with Crippen molar-refractivity contribution in [3.05, 3.63) is 16.2 Å². The Morgan fingerprint density at radius 1 is 1.52 bits per heavy atom. The van der Waals surface area contributed by atoms with Gasteiger partial charge in [0.15, 0.2) is 5.00 Å². The van der Waals surface area contributed by atoms with Gasteiger partial charge in [0.2, 0.25) is 0 Å². The second kappa shape index (κ2) is 5.87. The fraction of sp³-hybridized carbons (Fsp3) is 0.636. The summed E-state index contributed by atoms with van der Waals surface area (Å²) >= 11 is 0.744. The van der Waals surface area contributed by atoms with Gasteiger partial charge in [-0.1, -0.05) is 18.3 Å². The van der Waals surface area contributed by atoms with Crippen LogP contribution in [-0.2, 0) is 10.0 Å². The van der Waals surface area contributed by atoms with Gasteiger partial charge in [-0.25, -0.2) is 8.42 Å².